The molecular weight excluding hydrogens is 375 g/mol. The molecule has 0 aliphatic rings. The number of H-pyrrole nitrogens is 1. The predicted octanol–water partition coefficient (Wildman–Crippen LogP) is 2.46. The van der Waals surface area contributed by atoms with Gasteiger partial charge in [-0.1, -0.05) is 0 Å². The molecule has 2 aromatic carbocycles. The Hall–Kier alpha value is -2.08. The summed E-state index contributed by atoms with van der Waals surface area (Å²) in [4.78, 5) is 16.9. The van der Waals surface area contributed by atoms with Crippen LogP contribution < -0.4 is 5.56 Å². The second-order valence-corrected chi connectivity index (χ2v) is 7.92. The van der Waals surface area contributed by atoms with Gasteiger partial charge in [-0.2, -0.15) is 0 Å². The zero-order valence-electron chi connectivity index (χ0n) is 12.0. The molecule has 4 aromatic rings. The number of rotatable bonds is 4. The third kappa shape index (κ3) is 2.91. The molecule has 1 N–H and O–H groups in total. The Kier molecular flexibility index (Phi) is 3.91. The van der Waals surface area contributed by atoms with Crippen molar-refractivity contribution in [3.63, 3.8) is 0 Å². The fraction of sp³-hybridized carbons (Fsp3) is 0.0625. The molecule has 0 radical (unpaired) electrons. The van der Waals surface area contributed by atoms with E-state index in [0.717, 1.165) is 15.4 Å². The van der Waals surface area contributed by atoms with Crippen LogP contribution in [0.4, 0.5) is 0 Å². The summed E-state index contributed by atoms with van der Waals surface area (Å²) in [5, 5.41) is 8.53. The van der Waals surface area contributed by atoms with E-state index in [1.54, 1.807) is 15.3 Å². The van der Waals surface area contributed by atoms with Crippen molar-refractivity contribution >= 4 is 36.1 Å². The molecule has 0 aliphatic carbocycles. The van der Waals surface area contributed by atoms with Crippen molar-refractivity contribution in [3.8, 4) is 5.95 Å². The number of fused-ring (bicyclic) bond motifs is 1. The van der Waals surface area contributed by atoms with E-state index in [1.165, 1.54) is 5.56 Å². The first-order chi connectivity index (χ1) is 11.3. The van der Waals surface area contributed by atoms with Gasteiger partial charge in [0.15, 0.2) is 0 Å². The van der Waals surface area contributed by atoms with E-state index in [9.17, 15) is 4.79 Å². The van der Waals surface area contributed by atoms with Gasteiger partial charge in [0.25, 0.3) is 0 Å². The van der Waals surface area contributed by atoms with Gasteiger partial charge in [-0.05, 0) is 0 Å². The summed E-state index contributed by atoms with van der Waals surface area (Å²) in [5.74, 6) is 1.33. The number of aromatic nitrogens is 4. The molecule has 0 atom stereocenters. The van der Waals surface area contributed by atoms with Crippen LogP contribution in [0.15, 0.2) is 64.5 Å². The second kappa shape index (κ2) is 6.20. The number of thioether (sulfide) groups is 1. The van der Waals surface area contributed by atoms with Crippen LogP contribution in [0, 0.1) is 0 Å². The SMILES string of the molecule is O=c1c2ccccc2[se]n1-c1nc(SCc2ccccc2)n[nH]1. The maximum atomic E-state index is 12.4. The molecule has 23 heavy (non-hydrogen) atoms. The maximum absolute atomic E-state index is 12.4. The van der Waals surface area contributed by atoms with Crippen molar-refractivity contribution in [3.05, 3.63) is 70.5 Å². The number of hydrogen-bond donors (Lipinski definition) is 1. The van der Waals surface area contributed by atoms with Crippen molar-refractivity contribution in [1.82, 2.24) is 18.7 Å². The van der Waals surface area contributed by atoms with E-state index in [0.29, 0.717) is 11.1 Å². The van der Waals surface area contributed by atoms with Crippen LogP contribution in [0.3, 0.4) is 0 Å². The van der Waals surface area contributed by atoms with Gasteiger partial charge in [0.1, 0.15) is 0 Å². The first-order valence-corrected chi connectivity index (χ1v) is 9.63. The summed E-state index contributed by atoms with van der Waals surface area (Å²) in [6, 6.07) is 17.9. The molecule has 0 fully saturated rings. The topological polar surface area (TPSA) is 63.6 Å². The van der Waals surface area contributed by atoms with Crippen LogP contribution in [-0.2, 0) is 5.75 Å². The van der Waals surface area contributed by atoms with Crippen LogP contribution in [-0.4, -0.2) is 33.5 Å². The Bertz CT molecular complexity index is 1010. The van der Waals surface area contributed by atoms with Gasteiger partial charge in [-0.25, -0.2) is 0 Å². The Balaban J connectivity index is 1.59. The second-order valence-electron chi connectivity index (χ2n) is 4.90. The molecule has 0 unspecified atom stereocenters. The van der Waals surface area contributed by atoms with Crippen LogP contribution in [0.25, 0.3) is 15.6 Å². The third-order valence-electron chi connectivity index (χ3n) is 3.35. The first kappa shape index (κ1) is 14.5. The zero-order valence-corrected chi connectivity index (χ0v) is 14.5. The van der Waals surface area contributed by atoms with Crippen molar-refractivity contribution in [2.45, 2.75) is 10.9 Å². The molecule has 0 spiro atoms. The molecule has 114 valence electrons. The zero-order chi connectivity index (χ0) is 15.6. The molecule has 0 saturated carbocycles. The first-order valence-electron chi connectivity index (χ1n) is 7.02. The number of nitrogens with one attached hydrogen (secondary N) is 1. The summed E-state index contributed by atoms with van der Waals surface area (Å²) in [5.41, 5.74) is 1.22. The van der Waals surface area contributed by atoms with Gasteiger partial charge in [0.2, 0.25) is 0 Å². The van der Waals surface area contributed by atoms with Gasteiger partial charge in [-0.15, -0.1) is 0 Å². The summed E-state index contributed by atoms with van der Waals surface area (Å²) < 4.78 is 2.77. The van der Waals surface area contributed by atoms with E-state index in [-0.39, 0.29) is 20.3 Å². The molecule has 2 aromatic heterocycles. The molecule has 2 heterocycles. The number of benzene rings is 2. The quantitative estimate of drug-likeness (QED) is 0.432. The summed E-state index contributed by atoms with van der Waals surface area (Å²) in [6.45, 7) is 0. The average Bonchev–Trinajstić information content (AvgIpc) is 3.19. The van der Waals surface area contributed by atoms with Gasteiger partial charge in [0, 0.05) is 0 Å². The Morgan fingerprint density at radius 3 is 2.70 bits per heavy atom. The fourth-order valence-electron chi connectivity index (χ4n) is 2.23. The van der Waals surface area contributed by atoms with E-state index in [1.807, 2.05) is 42.5 Å². The number of aromatic amines is 1. The minimum atomic E-state index is -0.0887. The van der Waals surface area contributed by atoms with Crippen molar-refractivity contribution in [1.29, 1.82) is 0 Å². The summed E-state index contributed by atoms with van der Waals surface area (Å²) in [7, 11) is 0. The van der Waals surface area contributed by atoms with Crippen molar-refractivity contribution < 1.29 is 0 Å². The summed E-state index contributed by atoms with van der Waals surface area (Å²) >= 11 is 1.47. The van der Waals surface area contributed by atoms with Crippen LogP contribution in [0.2, 0.25) is 0 Å². The van der Waals surface area contributed by atoms with Crippen LogP contribution in [0.1, 0.15) is 5.56 Å². The van der Waals surface area contributed by atoms with Crippen molar-refractivity contribution in [2.24, 2.45) is 0 Å². The molecule has 0 amide bonds. The minimum absolute atomic E-state index is 0.00337. The Labute approximate surface area is 142 Å². The van der Waals surface area contributed by atoms with E-state index in [4.69, 9.17) is 0 Å². The monoisotopic (exact) mass is 388 g/mol. The molecule has 0 bridgehead atoms. The molecule has 0 aliphatic heterocycles. The molecule has 5 nitrogen and oxygen atoms in total. The van der Waals surface area contributed by atoms with E-state index >= 15 is 0 Å². The fourth-order valence-corrected chi connectivity index (χ4v) is 4.95. The van der Waals surface area contributed by atoms with Gasteiger partial charge in [0.05, 0.1) is 0 Å². The molecular formula is C16H12N4OSSe. The average molecular weight is 387 g/mol. The number of hydrogen-bond acceptors (Lipinski definition) is 4. The van der Waals surface area contributed by atoms with E-state index < -0.39 is 0 Å². The predicted molar refractivity (Wildman–Crippen MR) is 92.4 cm³/mol. The number of nitrogens with zero attached hydrogens (tertiary/aromatic N) is 3. The van der Waals surface area contributed by atoms with Crippen LogP contribution >= 0.6 is 11.8 Å². The van der Waals surface area contributed by atoms with E-state index in [2.05, 4.69) is 27.3 Å². The van der Waals surface area contributed by atoms with Gasteiger partial charge >= 0.3 is 142 Å². The van der Waals surface area contributed by atoms with Crippen molar-refractivity contribution in [2.75, 3.05) is 0 Å². The molecule has 7 heteroatoms. The standard InChI is InChI=1S/C16H12N4OSSe/c21-14-12-8-4-5-9-13(12)23-20(14)15-17-16(19-18-15)22-10-11-6-2-1-3-7-11/h1-9H,10H2,(H,17,18,19). The summed E-state index contributed by atoms with van der Waals surface area (Å²) in [6.07, 6.45) is 0. The van der Waals surface area contributed by atoms with Gasteiger partial charge < -0.3 is 0 Å². The van der Waals surface area contributed by atoms with Gasteiger partial charge in [-0.3, -0.25) is 0 Å². The molecule has 0 saturated heterocycles. The third-order valence-corrected chi connectivity index (χ3v) is 6.52. The Morgan fingerprint density at radius 1 is 1.09 bits per heavy atom. The molecule has 4 rings (SSSR count). The van der Waals surface area contributed by atoms with Crippen LogP contribution in [0.5, 0.6) is 0 Å². The normalized spacial score (nSPS) is 11.1. The Morgan fingerprint density at radius 2 is 1.87 bits per heavy atom.